The van der Waals surface area contributed by atoms with Gasteiger partial charge in [-0.25, -0.2) is 4.79 Å². The molecule has 0 bridgehead atoms. The van der Waals surface area contributed by atoms with E-state index in [1.54, 1.807) is 27.7 Å². The molecule has 48 heavy (non-hydrogen) atoms. The highest BCUT2D eigenvalue weighted by Gasteiger charge is 2.34. The number of nitrogens with one attached hydrogen (secondary N) is 5. The van der Waals surface area contributed by atoms with Crippen molar-refractivity contribution in [3.63, 3.8) is 0 Å². The first-order chi connectivity index (χ1) is 22.3. The third-order valence-corrected chi connectivity index (χ3v) is 7.39. The molecule has 0 spiro atoms. The summed E-state index contributed by atoms with van der Waals surface area (Å²) >= 11 is 0. The first-order valence-corrected chi connectivity index (χ1v) is 16.6. The molecule has 0 aromatic rings. The minimum Gasteiger partial charge on any atom is -0.480 e. The quantitative estimate of drug-likeness (QED) is 0.0331. The lowest BCUT2D eigenvalue weighted by molar-refractivity contribution is -0.143. The number of carbonyl (C=O) groups is 6. The Kier molecular flexibility index (Phi) is 20.7. The van der Waals surface area contributed by atoms with Gasteiger partial charge in [-0.2, -0.15) is 0 Å². The third kappa shape index (κ3) is 17.2. The van der Waals surface area contributed by atoms with Crippen LogP contribution in [0.4, 0.5) is 0 Å². The van der Waals surface area contributed by atoms with Crippen molar-refractivity contribution in [1.29, 1.82) is 0 Å². The zero-order valence-corrected chi connectivity index (χ0v) is 29.5. The molecule has 0 heterocycles. The molecule has 17 heteroatoms. The number of aliphatic imine (C=N–C) groups is 1. The summed E-state index contributed by atoms with van der Waals surface area (Å²) in [5, 5.41) is 22.8. The smallest absolute Gasteiger partial charge is 0.326 e. The number of hydrogen-bond acceptors (Lipinski definition) is 9. The van der Waals surface area contributed by atoms with Crippen LogP contribution >= 0.6 is 0 Å². The predicted octanol–water partition coefficient (Wildman–Crippen LogP) is -1.62. The molecule has 0 aliphatic rings. The minimum atomic E-state index is -1.21. The Labute approximate surface area is 283 Å². The average Bonchev–Trinajstić information content (AvgIpc) is 2.97. The first kappa shape index (κ1) is 44.0. The summed E-state index contributed by atoms with van der Waals surface area (Å²) < 4.78 is 0. The van der Waals surface area contributed by atoms with E-state index < -0.39 is 83.6 Å². The predicted molar refractivity (Wildman–Crippen MR) is 183 cm³/mol. The molecular formula is C31H60N10O7. The molecule has 0 fully saturated rings. The van der Waals surface area contributed by atoms with Crippen LogP contribution < -0.4 is 49.5 Å². The average molecular weight is 685 g/mol. The Hall–Kier alpha value is -3.99. The van der Waals surface area contributed by atoms with Crippen molar-refractivity contribution < 1.29 is 33.9 Å². The van der Waals surface area contributed by atoms with Gasteiger partial charge < -0.3 is 54.6 Å². The summed E-state index contributed by atoms with van der Waals surface area (Å²) in [7, 11) is 0. The van der Waals surface area contributed by atoms with Gasteiger partial charge in [-0.1, -0.05) is 41.5 Å². The topological polar surface area (TPSA) is 299 Å². The van der Waals surface area contributed by atoms with E-state index >= 15 is 0 Å². The zero-order valence-electron chi connectivity index (χ0n) is 29.5. The van der Waals surface area contributed by atoms with Gasteiger partial charge in [-0.05, 0) is 69.7 Å². The number of aliphatic carboxylic acids is 1. The Morgan fingerprint density at radius 3 is 1.54 bits per heavy atom. The van der Waals surface area contributed by atoms with Gasteiger partial charge in [0.25, 0.3) is 0 Å². The molecule has 0 unspecified atom stereocenters. The standard InChI is InChI=1S/C31H60N10O7/c1-16(2)15-22(39-25(42)19(7)33)27(44)37-20(12-10-14-36-31(34)35)26(43)40-24(18(5)6)29(46)41-23(17(3)4)28(45)38-21(30(47)48)11-8-9-13-32/h16-24H,8-15,32-33H2,1-7H3,(H,37,44)(H,38,45)(H,39,42)(H,40,43)(H,41,46)(H,47,48)(H4,34,35,36)/t19-,20-,21-,22-,23-,24-/m0/s1. The number of carbonyl (C=O) groups excluding carboxylic acids is 5. The second-order valence-electron chi connectivity index (χ2n) is 13.1. The van der Waals surface area contributed by atoms with E-state index in [2.05, 4.69) is 31.6 Å². The summed E-state index contributed by atoms with van der Waals surface area (Å²) in [4.78, 5) is 81.7. The summed E-state index contributed by atoms with van der Waals surface area (Å²) in [6.07, 6.45) is 1.92. The van der Waals surface area contributed by atoms with E-state index in [1.165, 1.54) is 6.92 Å². The molecule has 0 aliphatic heterocycles. The van der Waals surface area contributed by atoms with Gasteiger partial charge in [0, 0.05) is 6.54 Å². The largest absolute Gasteiger partial charge is 0.480 e. The highest BCUT2D eigenvalue weighted by Crippen LogP contribution is 2.11. The molecule has 0 saturated heterocycles. The summed E-state index contributed by atoms with van der Waals surface area (Å²) in [5.41, 5.74) is 22.0. The lowest BCUT2D eigenvalue weighted by atomic mass is 9.98. The van der Waals surface area contributed by atoms with Gasteiger partial charge in [0.05, 0.1) is 6.04 Å². The molecular weight excluding hydrogens is 624 g/mol. The summed E-state index contributed by atoms with van der Waals surface area (Å²) in [6, 6.07) is -6.38. The number of carboxylic acid groups (broad SMARTS) is 1. The van der Waals surface area contributed by atoms with Crippen LogP contribution in [-0.4, -0.2) is 95.9 Å². The highest BCUT2D eigenvalue weighted by atomic mass is 16.4. The Morgan fingerprint density at radius 2 is 1.08 bits per heavy atom. The van der Waals surface area contributed by atoms with Crippen molar-refractivity contribution >= 4 is 41.5 Å². The van der Waals surface area contributed by atoms with E-state index in [0.29, 0.717) is 25.8 Å². The van der Waals surface area contributed by atoms with E-state index in [9.17, 15) is 33.9 Å². The molecule has 0 aromatic carbocycles. The fourth-order valence-electron chi connectivity index (χ4n) is 4.63. The molecule has 0 aliphatic carbocycles. The highest BCUT2D eigenvalue weighted by molar-refractivity contribution is 5.96. The first-order valence-electron chi connectivity index (χ1n) is 16.6. The van der Waals surface area contributed by atoms with Crippen LogP contribution in [0.15, 0.2) is 4.99 Å². The number of amides is 5. The SMILES string of the molecule is CC(C)C[C@H](NC(=O)[C@H](C)N)C(=O)N[C@@H](CCCN=C(N)N)C(=O)N[C@H](C(=O)N[C@H](C(=O)N[C@@H](CCCCN)C(=O)O)C(C)C)C(C)C. The Bertz CT molecular complexity index is 1090. The van der Waals surface area contributed by atoms with Gasteiger partial charge in [-0.15, -0.1) is 0 Å². The summed E-state index contributed by atoms with van der Waals surface area (Å²) in [5.74, 6) is -5.38. The van der Waals surface area contributed by atoms with Gasteiger partial charge in [0.1, 0.15) is 30.2 Å². The van der Waals surface area contributed by atoms with Gasteiger partial charge in [-0.3, -0.25) is 29.0 Å². The third-order valence-electron chi connectivity index (χ3n) is 7.39. The number of rotatable bonds is 23. The summed E-state index contributed by atoms with van der Waals surface area (Å²) in [6.45, 7) is 12.6. The number of nitrogens with zero attached hydrogens (tertiary/aromatic N) is 1. The fraction of sp³-hybridized carbons (Fsp3) is 0.774. The van der Waals surface area contributed by atoms with Crippen molar-refractivity contribution in [1.82, 2.24) is 26.6 Å². The minimum absolute atomic E-state index is 0.0140. The van der Waals surface area contributed by atoms with E-state index in [0.717, 1.165) is 0 Å². The van der Waals surface area contributed by atoms with Crippen LogP contribution in [0, 0.1) is 17.8 Å². The molecule has 6 atom stereocenters. The van der Waals surface area contributed by atoms with Gasteiger partial charge in [0.2, 0.25) is 29.5 Å². The number of nitrogens with two attached hydrogens (primary N) is 4. The van der Waals surface area contributed by atoms with E-state index in [4.69, 9.17) is 22.9 Å². The molecule has 14 N–H and O–H groups in total. The van der Waals surface area contributed by atoms with Crippen LogP contribution in [0.2, 0.25) is 0 Å². The fourth-order valence-corrected chi connectivity index (χ4v) is 4.63. The maximum absolute atomic E-state index is 13.6. The van der Waals surface area contributed by atoms with Crippen LogP contribution in [0.5, 0.6) is 0 Å². The van der Waals surface area contributed by atoms with E-state index in [-0.39, 0.29) is 37.7 Å². The molecule has 0 rings (SSSR count). The second kappa shape index (κ2) is 22.6. The maximum Gasteiger partial charge on any atom is 0.326 e. The number of carboxylic acids is 1. The monoisotopic (exact) mass is 684 g/mol. The molecule has 0 saturated carbocycles. The van der Waals surface area contributed by atoms with Crippen molar-refractivity contribution in [3.05, 3.63) is 0 Å². The van der Waals surface area contributed by atoms with Crippen molar-refractivity contribution in [3.8, 4) is 0 Å². The lowest BCUT2D eigenvalue weighted by Gasteiger charge is -2.29. The van der Waals surface area contributed by atoms with Crippen LogP contribution in [0.1, 0.15) is 87.0 Å². The lowest BCUT2D eigenvalue weighted by Crippen LogP contribution is -2.61. The molecule has 0 aromatic heterocycles. The van der Waals surface area contributed by atoms with Crippen molar-refractivity contribution in [2.24, 2.45) is 45.7 Å². The molecule has 276 valence electrons. The maximum atomic E-state index is 13.6. The van der Waals surface area contributed by atoms with Crippen LogP contribution in [0.3, 0.4) is 0 Å². The zero-order chi connectivity index (χ0) is 37.1. The molecule has 0 radical (unpaired) electrons. The second-order valence-corrected chi connectivity index (χ2v) is 13.1. The van der Waals surface area contributed by atoms with Crippen LogP contribution in [0.25, 0.3) is 0 Å². The van der Waals surface area contributed by atoms with Crippen molar-refractivity contribution in [2.75, 3.05) is 13.1 Å². The number of guanidine groups is 1. The Balaban J connectivity index is 6.05. The van der Waals surface area contributed by atoms with Gasteiger partial charge >= 0.3 is 5.97 Å². The number of hydrogen-bond donors (Lipinski definition) is 10. The Morgan fingerprint density at radius 1 is 0.625 bits per heavy atom. The molecule has 5 amide bonds. The van der Waals surface area contributed by atoms with Gasteiger partial charge in [0.15, 0.2) is 5.96 Å². The molecule has 17 nitrogen and oxygen atoms in total. The van der Waals surface area contributed by atoms with Crippen LogP contribution in [-0.2, 0) is 28.8 Å². The van der Waals surface area contributed by atoms with E-state index in [1.807, 2.05) is 13.8 Å². The number of unbranched alkanes of at least 4 members (excludes halogenated alkanes) is 1. The van der Waals surface area contributed by atoms with Crippen molar-refractivity contribution in [2.45, 2.75) is 123 Å². The normalized spacial score (nSPS) is 15.0.